The Kier molecular flexibility index (Phi) is 3.61. The van der Waals surface area contributed by atoms with Crippen LogP contribution >= 0.6 is 22.9 Å². The molecule has 2 rings (SSSR count). The van der Waals surface area contributed by atoms with Crippen LogP contribution in [0.5, 0.6) is 0 Å². The Bertz CT molecular complexity index is 660. The zero-order valence-corrected chi connectivity index (χ0v) is 11.9. The van der Waals surface area contributed by atoms with Crippen LogP contribution in [-0.4, -0.2) is 13.4 Å². The monoisotopic (exact) mass is 302 g/mol. The third-order valence-corrected chi connectivity index (χ3v) is 5.32. The van der Waals surface area contributed by atoms with Gasteiger partial charge in [0.2, 0.25) is 0 Å². The summed E-state index contributed by atoms with van der Waals surface area (Å²) in [6.07, 6.45) is 0. The Hall–Kier alpha value is -1.11. The molecule has 0 spiro atoms. The topological polar surface area (TPSA) is 73.0 Å². The summed E-state index contributed by atoms with van der Waals surface area (Å²) < 4.78 is 24.5. The van der Waals surface area contributed by atoms with Gasteiger partial charge in [-0.25, -0.2) is 13.4 Å². The molecule has 0 amide bonds. The van der Waals surface area contributed by atoms with Crippen LogP contribution in [0.15, 0.2) is 28.5 Å². The summed E-state index contributed by atoms with van der Waals surface area (Å²) in [5.74, 6) is -0.189. The van der Waals surface area contributed by atoms with Gasteiger partial charge in [-0.2, -0.15) is 0 Å². The molecule has 0 aliphatic rings. The first-order chi connectivity index (χ1) is 8.40. The molecule has 0 fully saturated rings. The highest BCUT2D eigenvalue weighted by Gasteiger charge is 2.22. The highest BCUT2D eigenvalue weighted by Crippen LogP contribution is 2.29. The Balaban J connectivity index is 2.43. The molecule has 0 saturated carbocycles. The fourth-order valence-corrected chi connectivity index (χ4v) is 4.32. The minimum atomic E-state index is -3.57. The van der Waals surface area contributed by atoms with Crippen LogP contribution in [0.1, 0.15) is 10.7 Å². The van der Waals surface area contributed by atoms with Gasteiger partial charge in [-0.3, -0.25) is 0 Å². The van der Waals surface area contributed by atoms with Crippen molar-refractivity contribution in [2.24, 2.45) is 0 Å². The smallest absolute Gasteiger partial charge is 0.187 e. The maximum absolute atomic E-state index is 12.3. The number of aromatic nitrogens is 1. The van der Waals surface area contributed by atoms with Gasteiger partial charge >= 0.3 is 0 Å². The lowest BCUT2D eigenvalue weighted by Crippen LogP contribution is -2.09. The van der Waals surface area contributed by atoms with E-state index in [0.29, 0.717) is 5.69 Å². The van der Waals surface area contributed by atoms with Crippen molar-refractivity contribution in [3.05, 3.63) is 39.3 Å². The van der Waals surface area contributed by atoms with E-state index in [-0.39, 0.29) is 21.4 Å². The highest BCUT2D eigenvalue weighted by atomic mass is 35.5. The minimum absolute atomic E-state index is 0.0164. The number of nitrogens with two attached hydrogens (primary N) is 1. The summed E-state index contributed by atoms with van der Waals surface area (Å²) >= 11 is 7.32. The Morgan fingerprint density at radius 1 is 1.44 bits per heavy atom. The summed E-state index contributed by atoms with van der Waals surface area (Å²) in [5, 5.41) is 2.69. The van der Waals surface area contributed by atoms with Crippen LogP contribution in [0.25, 0.3) is 0 Å². The molecule has 0 radical (unpaired) electrons. The number of aryl methyl sites for hydroxylation is 1. The molecule has 0 unspecified atom stereocenters. The van der Waals surface area contributed by atoms with E-state index in [1.807, 2.05) is 6.92 Å². The zero-order valence-electron chi connectivity index (χ0n) is 9.55. The zero-order chi connectivity index (χ0) is 13.3. The van der Waals surface area contributed by atoms with E-state index < -0.39 is 9.84 Å². The average Bonchev–Trinajstić information content (AvgIpc) is 2.62. The van der Waals surface area contributed by atoms with E-state index in [9.17, 15) is 8.42 Å². The number of sulfone groups is 1. The lowest BCUT2D eigenvalue weighted by atomic mass is 10.3. The first kappa shape index (κ1) is 13.3. The van der Waals surface area contributed by atoms with E-state index in [4.69, 9.17) is 17.3 Å². The Labute approximate surface area is 114 Å². The van der Waals surface area contributed by atoms with Gasteiger partial charge in [0, 0.05) is 5.38 Å². The van der Waals surface area contributed by atoms with Crippen molar-refractivity contribution in [3.8, 4) is 0 Å². The molecular formula is C11H11ClN2O2S2. The van der Waals surface area contributed by atoms with Crippen molar-refractivity contribution in [2.45, 2.75) is 17.6 Å². The number of nitrogen functional groups attached to an aromatic ring is 1. The van der Waals surface area contributed by atoms with Crippen molar-refractivity contribution < 1.29 is 8.42 Å². The van der Waals surface area contributed by atoms with Crippen molar-refractivity contribution in [2.75, 3.05) is 5.73 Å². The van der Waals surface area contributed by atoms with Crippen LogP contribution in [0, 0.1) is 6.92 Å². The summed E-state index contributed by atoms with van der Waals surface area (Å²) in [5.41, 5.74) is 6.36. The number of nitrogens with zero attached hydrogens (tertiary/aromatic N) is 1. The van der Waals surface area contributed by atoms with Gasteiger partial charge in [0.25, 0.3) is 0 Å². The quantitative estimate of drug-likeness (QED) is 0.885. The van der Waals surface area contributed by atoms with Gasteiger partial charge < -0.3 is 5.73 Å². The Morgan fingerprint density at radius 3 is 2.72 bits per heavy atom. The molecule has 1 heterocycles. The molecule has 0 bridgehead atoms. The summed E-state index contributed by atoms with van der Waals surface area (Å²) in [6.45, 7) is 1.82. The number of thiazole rings is 1. The summed E-state index contributed by atoms with van der Waals surface area (Å²) in [7, 11) is -3.57. The second kappa shape index (κ2) is 4.87. The average molecular weight is 303 g/mol. The molecule has 0 saturated heterocycles. The van der Waals surface area contributed by atoms with Crippen molar-refractivity contribution in [3.63, 3.8) is 0 Å². The number of hydrogen-bond acceptors (Lipinski definition) is 5. The lowest BCUT2D eigenvalue weighted by molar-refractivity contribution is 0.595. The van der Waals surface area contributed by atoms with E-state index in [0.717, 1.165) is 5.01 Å². The van der Waals surface area contributed by atoms with Crippen molar-refractivity contribution in [1.82, 2.24) is 4.98 Å². The fourth-order valence-electron chi connectivity index (χ4n) is 1.60. The molecule has 2 aromatic rings. The maximum Gasteiger partial charge on any atom is 0.187 e. The molecule has 7 heteroatoms. The number of benzene rings is 1. The first-order valence-electron chi connectivity index (χ1n) is 5.08. The SMILES string of the molecule is Cc1nc(CS(=O)(=O)c2c(N)cccc2Cl)cs1. The van der Waals surface area contributed by atoms with E-state index in [2.05, 4.69) is 4.98 Å². The fraction of sp³-hybridized carbons (Fsp3) is 0.182. The van der Waals surface area contributed by atoms with Crippen molar-refractivity contribution in [1.29, 1.82) is 0 Å². The maximum atomic E-state index is 12.3. The minimum Gasteiger partial charge on any atom is -0.398 e. The third-order valence-electron chi connectivity index (χ3n) is 2.31. The molecule has 0 aliphatic carbocycles. The van der Waals surface area contributed by atoms with Gasteiger partial charge in [-0.1, -0.05) is 17.7 Å². The second-order valence-electron chi connectivity index (χ2n) is 3.78. The molecule has 2 N–H and O–H groups in total. The van der Waals surface area contributed by atoms with Crippen LogP contribution in [0.3, 0.4) is 0 Å². The molecule has 1 aromatic heterocycles. The molecule has 18 heavy (non-hydrogen) atoms. The highest BCUT2D eigenvalue weighted by molar-refractivity contribution is 7.91. The summed E-state index contributed by atoms with van der Waals surface area (Å²) in [6, 6.07) is 4.64. The number of rotatable bonds is 3. The Morgan fingerprint density at radius 2 is 2.17 bits per heavy atom. The standard InChI is InChI=1S/C11H11ClN2O2S2/c1-7-14-8(5-17-7)6-18(15,16)11-9(12)3-2-4-10(11)13/h2-5H,6,13H2,1H3. The van der Waals surface area contributed by atoms with Crippen LogP contribution in [-0.2, 0) is 15.6 Å². The largest absolute Gasteiger partial charge is 0.398 e. The third kappa shape index (κ3) is 2.66. The molecule has 4 nitrogen and oxygen atoms in total. The molecular weight excluding hydrogens is 292 g/mol. The molecule has 96 valence electrons. The van der Waals surface area contributed by atoms with Gasteiger partial charge in [0.05, 0.1) is 27.2 Å². The predicted octanol–water partition coefficient (Wildman–Crippen LogP) is 2.66. The van der Waals surface area contributed by atoms with Crippen LogP contribution < -0.4 is 5.73 Å². The van der Waals surface area contributed by atoms with E-state index >= 15 is 0 Å². The first-order valence-corrected chi connectivity index (χ1v) is 7.99. The lowest BCUT2D eigenvalue weighted by Gasteiger charge is -2.08. The number of anilines is 1. The van der Waals surface area contributed by atoms with E-state index in [1.54, 1.807) is 11.4 Å². The second-order valence-corrected chi connectivity index (χ2v) is 7.17. The van der Waals surface area contributed by atoms with Crippen LogP contribution in [0.2, 0.25) is 5.02 Å². The van der Waals surface area contributed by atoms with E-state index in [1.165, 1.54) is 23.5 Å². The van der Waals surface area contributed by atoms with Crippen molar-refractivity contribution >= 4 is 38.5 Å². The predicted molar refractivity (Wildman–Crippen MR) is 73.6 cm³/mol. The normalized spacial score (nSPS) is 11.7. The van der Waals surface area contributed by atoms with Gasteiger partial charge in [-0.15, -0.1) is 11.3 Å². The molecule has 0 atom stereocenters. The van der Waals surface area contributed by atoms with Crippen LogP contribution in [0.4, 0.5) is 5.69 Å². The van der Waals surface area contributed by atoms with Gasteiger partial charge in [0.15, 0.2) is 9.84 Å². The molecule has 0 aliphatic heterocycles. The van der Waals surface area contributed by atoms with Gasteiger partial charge in [0.1, 0.15) is 4.90 Å². The molecule has 1 aromatic carbocycles. The summed E-state index contributed by atoms with van der Waals surface area (Å²) in [4.78, 5) is 4.12. The number of halogens is 1. The van der Waals surface area contributed by atoms with Gasteiger partial charge in [-0.05, 0) is 19.1 Å². The number of hydrogen-bond donors (Lipinski definition) is 1.